The average Bonchev–Trinajstić information content (AvgIpc) is 2.39. The van der Waals surface area contributed by atoms with Crippen LogP contribution in [0.25, 0.3) is 0 Å². The fourth-order valence-corrected chi connectivity index (χ4v) is 2.54. The van der Waals surface area contributed by atoms with Gasteiger partial charge in [-0.05, 0) is 77.4 Å². The molecule has 3 nitrogen and oxygen atoms in total. The van der Waals surface area contributed by atoms with Crippen molar-refractivity contribution < 1.29 is 14.6 Å². The first-order valence-electron chi connectivity index (χ1n) is 6.66. The number of carbonyl (C=O) groups is 1. The molecule has 0 saturated heterocycles. The van der Waals surface area contributed by atoms with E-state index in [-0.39, 0.29) is 0 Å². The van der Waals surface area contributed by atoms with Gasteiger partial charge in [0.05, 0.1) is 0 Å². The normalized spacial score (nSPS) is 12.0. The number of hydrogen-bond donors (Lipinski definition) is 1. The standard InChI is InChI=1S/C17H17IO3/c1-11-7-12(2)9-15(8-11)21-16(17(19)20)10-13-3-5-14(18)6-4-13/h3-9,16H,10H2,1-2H3,(H,19,20). The topological polar surface area (TPSA) is 46.5 Å². The number of rotatable bonds is 5. The SMILES string of the molecule is Cc1cc(C)cc(OC(Cc2ccc(I)cc2)C(=O)O)c1. The van der Waals surface area contributed by atoms with Gasteiger partial charge in [0, 0.05) is 9.99 Å². The molecular weight excluding hydrogens is 379 g/mol. The summed E-state index contributed by atoms with van der Waals surface area (Å²) < 4.78 is 6.79. The van der Waals surface area contributed by atoms with Crippen LogP contribution in [0.5, 0.6) is 5.75 Å². The van der Waals surface area contributed by atoms with Gasteiger partial charge < -0.3 is 9.84 Å². The zero-order valence-corrected chi connectivity index (χ0v) is 14.1. The van der Waals surface area contributed by atoms with Crippen LogP contribution in [-0.2, 0) is 11.2 Å². The van der Waals surface area contributed by atoms with Gasteiger partial charge in [-0.2, -0.15) is 0 Å². The Morgan fingerprint density at radius 2 is 1.71 bits per heavy atom. The first kappa shape index (κ1) is 15.8. The van der Waals surface area contributed by atoms with Crippen molar-refractivity contribution in [1.82, 2.24) is 0 Å². The number of ether oxygens (including phenoxy) is 1. The van der Waals surface area contributed by atoms with Gasteiger partial charge in [0.2, 0.25) is 0 Å². The van der Waals surface area contributed by atoms with Crippen LogP contribution in [0.15, 0.2) is 42.5 Å². The maximum absolute atomic E-state index is 11.4. The molecule has 0 aliphatic carbocycles. The summed E-state index contributed by atoms with van der Waals surface area (Å²) in [5, 5.41) is 9.36. The first-order valence-corrected chi connectivity index (χ1v) is 7.74. The lowest BCUT2D eigenvalue weighted by atomic mass is 10.1. The van der Waals surface area contributed by atoms with Gasteiger partial charge in [-0.15, -0.1) is 0 Å². The van der Waals surface area contributed by atoms with Gasteiger partial charge in [-0.1, -0.05) is 18.2 Å². The summed E-state index contributed by atoms with van der Waals surface area (Å²) in [6.45, 7) is 3.93. The van der Waals surface area contributed by atoms with Crippen LogP contribution >= 0.6 is 22.6 Å². The molecule has 0 bridgehead atoms. The molecule has 4 heteroatoms. The molecule has 21 heavy (non-hydrogen) atoms. The molecule has 2 aromatic rings. The molecule has 110 valence electrons. The second-order valence-corrected chi connectivity index (χ2v) is 6.34. The van der Waals surface area contributed by atoms with Crippen LogP contribution in [0.1, 0.15) is 16.7 Å². The number of aliphatic carboxylic acids is 1. The lowest BCUT2D eigenvalue weighted by Crippen LogP contribution is -2.29. The fraction of sp³-hybridized carbons (Fsp3) is 0.235. The molecule has 0 spiro atoms. The van der Waals surface area contributed by atoms with Crippen molar-refractivity contribution in [3.05, 3.63) is 62.7 Å². The van der Waals surface area contributed by atoms with Crippen LogP contribution in [0.4, 0.5) is 0 Å². The van der Waals surface area contributed by atoms with Crippen molar-refractivity contribution in [2.24, 2.45) is 0 Å². The maximum atomic E-state index is 11.4. The molecule has 0 aliphatic heterocycles. The molecule has 2 rings (SSSR count). The second kappa shape index (κ2) is 6.93. The molecule has 0 aliphatic rings. The van der Waals surface area contributed by atoms with Crippen molar-refractivity contribution in [2.45, 2.75) is 26.4 Å². The van der Waals surface area contributed by atoms with E-state index in [1.807, 2.05) is 56.3 Å². The molecular formula is C17H17IO3. The summed E-state index contributed by atoms with van der Waals surface area (Å²) in [5.74, 6) is -0.349. The highest BCUT2D eigenvalue weighted by atomic mass is 127. The second-order valence-electron chi connectivity index (χ2n) is 5.10. The van der Waals surface area contributed by atoms with Crippen LogP contribution in [-0.4, -0.2) is 17.2 Å². The van der Waals surface area contributed by atoms with Gasteiger partial charge in [0.15, 0.2) is 6.10 Å². The van der Waals surface area contributed by atoms with Gasteiger partial charge in [0.1, 0.15) is 5.75 Å². The Balaban J connectivity index is 2.15. The highest BCUT2D eigenvalue weighted by molar-refractivity contribution is 14.1. The van der Waals surface area contributed by atoms with Crippen molar-refractivity contribution >= 4 is 28.6 Å². The summed E-state index contributed by atoms with van der Waals surface area (Å²) in [7, 11) is 0. The van der Waals surface area contributed by atoms with E-state index in [9.17, 15) is 9.90 Å². The Kier molecular flexibility index (Phi) is 5.22. The van der Waals surface area contributed by atoms with Gasteiger partial charge >= 0.3 is 5.97 Å². The Labute approximate surface area is 138 Å². The molecule has 0 saturated carbocycles. The van der Waals surface area contributed by atoms with Gasteiger partial charge in [0.25, 0.3) is 0 Å². The quantitative estimate of drug-likeness (QED) is 0.778. The van der Waals surface area contributed by atoms with Crippen LogP contribution in [0.2, 0.25) is 0 Å². The Morgan fingerprint density at radius 1 is 1.14 bits per heavy atom. The number of carboxylic acid groups (broad SMARTS) is 1. The van der Waals surface area contributed by atoms with E-state index in [0.717, 1.165) is 20.3 Å². The van der Waals surface area contributed by atoms with E-state index >= 15 is 0 Å². The number of halogens is 1. The van der Waals surface area contributed by atoms with Crippen molar-refractivity contribution in [3.63, 3.8) is 0 Å². The molecule has 0 amide bonds. The van der Waals surface area contributed by atoms with Crippen molar-refractivity contribution in [3.8, 4) is 5.75 Å². The highest BCUT2D eigenvalue weighted by Crippen LogP contribution is 2.19. The minimum Gasteiger partial charge on any atom is -0.478 e. The lowest BCUT2D eigenvalue weighted by Gasteiger charge is -2.16. The predicted molar refractivity (Wildman–Crippen MR) is 90.8 cm³/mol. The predicted octanol–water partition coefficient (Wildman–Crippen LogP) is 3.98. The van der Waals surface area contributed by atoms with E-state index in [1.165, 1.54) is 0 Å². The monoisotopic (exact) mass is 396 g/mol. The summed E-state index contributed by atoms with van der Waals surface area (Å²) in [6, 6.07) is 13.5. The summed E-state index contributed by atoms with van der Waals surface area (Å²) in [4.78, 5) is 11.4. The van der Waals surface area contributed by atoms with Crippen LogP contribution in [0.3, 0.4) is 0 Å². The van der Waals surface area contributed by atoms with E-state index in [4.69, 9.17) is 4.74 Å². The maximum Gasteiger partial charge on any atom is 0.345 e. The average molecular weight is 396 g/mol. The smallest absolute Gasteiger partial charge is 0.345 e. The summed E-state index contributed by atoms with van der Waals surface area (Å²) in [6.07, 6.45) is -0.537. The third kappa shape index (κ3) is 4.74. The molecule has 2 aromatic carbocycles. The zero-order valence-electron chi connectivity index (χ0n) is 12.0. The van der Waals surface area contributed by atoms with E-state index < -0.39 is 12.1 Å². The molecule has 0 aromatic heterocycles. The first-order chi connectivity index (χ1) is 9.94. The molecule has 1 atom stereocenters. The Morgan fingerprint density at radius 3 is 2.24 bits per heavy atom. The van der Waals surface area contributed by atoms with Gasteiger partial charge in [-0.25, -0.2) is 4.79 Å². The van der Waals surface area contributed by atoms with E-state index in [1.54, 1.807) is 0 Å². The minimum atomic E-state index is -0.951. The molecule has 1 unspecified atom stereocenters. The minimum absolute atomic E-state index is 0.346. The fourth-order valence-electron chi connectivity index (χ4n) is 2.18. The number of benzene rings is 2. The number of carboxylic acids is 1. The van der Waals surface area contributed by atoms with E-state index in [0.29, 0.717) is 12.2 Å². The van der Waals surface area contributed by atoms with Crippen LogP contribution in [0, 0.1) is 17.4 Å². The van der Waals surface area contributed by atoms with Crippen molar-refractivity contribution in [1.29, 1.82) is 0 Å². The molecule has 0 fully saturated rings. The van der Waals surface area contributed by atoms with E-state index in [2.05, 4.69) is 22.6 Å². The van der Waals surface area contributed by atoms with Crippen molar-refractivity contribution in [2.75, 3.05) is 0 Å². The third-order valence-electron chi connectivity index (χ3n) is 3.08. The third-order valence-corrected chi connectivity index (χ3v) is 3.80. The summed E-state index contributed by atoms with van der Waals surface area (Å²) in [5.41, 5.74) is 3.07. The lowest BCUT2D eigenvalue weighted by molar-refractivity contribution is -0.145. The zero-order chi connectivity index (χ0) is 15.4. The number of hydrogen-bond acceptors (Lipinski definition) is 2. The molecule has 0 heterocycles. The molecule has 1 N–H and O–H groups in total. The Hall–Kier alpha value is -1.56. The van der Waals surface area contributed by atoms with Crippen LogP contribution < -0.4 is 4.74 Å². The number of aryl methyl sites for hydroxylation is 2. The molecule has 0 radical (unpaired) electrons. The Bertz CT molecular complexity index is 615. The van der Waals surface area contributed by atoms with Gasteiger partial charge in [-0.3, -0.25) is 0 Å². The summed E-state index contributed by atoms with van der Waals surface area (Å²) >= 11 is 2.22. The largest absolute Gasteiger partial charge is 0.478 e. The highest BCUT2D eigenvalue weighted by Gasteiger charge is 2.20.